The van der Waals surface area contributed by atoms with E-state index in [2.05, 4.69) is 0 Å². The van der Waals surface area contributed by atoms with E-state index in [0.29, 0.717) is 45.7 Å². The number of anilines is 1. The number of carbonyl (C=O) groups excluding carboxylic acids is 2. The van der Waals surface area contributed by atoms with E-state index in [1.807, 2.05) is 68.4 Å². The summed E-state index contributed by atoms with van der Waals surface area (Å²) in [6.07, 6.45) is 0. The predicted octanol–water partition coefficient (Wildman–Crippen LogP) is 7.47. The Labute approximate surface area is 231 Å². The Bertz CT molecular complexity index is 1560. The molecule has 1 aliphatic rings. The molecule has 5 rings (SSSR count). The number of rotatable bonds is 7. The smallest absolute Gasteiger partial charge is 0.300 e. The molecule has 7 heteroatoms. The highest BCUT2D eigenvalue weighted by Crippen LogP contribution is 2.43. The van der Waals surface area contributed by atoms with Gasteiger partial charge in [0.1, 0.15) is 23.0 Å². The molecule has 1 amide bonds. The van der Waals surface area contributed by atoms with Crippen molar-refractivity contribution in [3.05, 3.63) is 124 Å². The zero-order valence-corrected chi connectivity index (χ0v) is 22.2. The van der Waals surface area contributed by atoms with E-state index in [-0.39, 0.29) is 11.3 Å². The Hall–Kier alpha value is -4.55. The Morgan fingerprint density at radius 3 is 2.31 bits per heavy atom. The van der Waals surface area contributed by atoms with Gasteiger partial charge in [0.2, 0.25) is 0 Å². The fourth-order valence-corrected chi connectivity index (χ4v) is 4.80. The second-order valence-corrected chi connectivity index (χ2v) is 9.48. The highest BCUT2D eigenvalue weighted by Gasteiger charge is 2.47. The third-order valence-electron chi connectivity index (χ3n) is 6.40. The topological polar surface area (TPSA) is 76.1 Å². The molecular weight excluding hydrogens is 514 g/mol. The van der Waals surface area contributed by atoms with Crippen LogP contribution in [0.3, 0.4) is 0 Å². The lowest BCUT2D eigenvalue weighted by molar-refractivity contribution is -0.132. The van der Waals surface area contributed by atoms with E-state index >= 15 is 0 Å². The molecule has 196 valence electrons. The minimum atomic E-state index is -0.850. The van der Waals surface area contributed by atoms with Crippen LogP contribution in [0.2, 0.25) is 5.02 Å². The van der Waals surface area contributed by atoms with Crippen LogP contribution in [0.1, 0.15) is 29.7 Å². The number of benzene rings is 4. The van der Waals surface area contributed by atoms with Gasteiger partial charge >= 0.3 is 0 Å². The summed E-state index contributed by atoms with van der Waals surface area (Å²) in [6, 6.07) is 27.7. The number of para-hydroxylation sites is 1. The molecule has 0 aliphatic carbocycles. The molecule has 1 aliphatic heterocycles. The number of hydrogen-bond donors (Lipinski definition) is 1. The van der Waals surface area contributed by atoms with E-state index in [0.717, 1.165) is 5.56 Å². The maximum Gasteiger partial charge on any atom is 0.300 e. The molecule has 4 aromatic rings. The normalized spacial score (nSPS) is 16.4. The van der Waals surface area contributed by atoms with Gasteiger partial charge in [0.05, 0.1) is 23.2 Å². The molecule has 0 saturated carbocycles. The molecule has 0 radical (unpaired) electrons. The summed E-state index contributed by atoms with van der Waals surface area (Å²) in [6.45, 7) is 4.13. The Morgan fingerprint density at radius 2 is 1.62 bits per heavy atom. The van der Waals surface area contributed by atoms with Crippen molar-refractivity contribution >= 4 is 34.7 Å². The second-order valence-electron chi connectivity index (χ2n) is 9.07. The third kappa shape index (κ3) is 5.24. The summed E-state index contributed by atoms with van der Waals surface area (Å²) < 4.78 is 11.5. The number of aliphatic hydroxyl groups is 1. The average Bonchev–Trinajstić information content (AvgIpc) is 3.21. The Morgan fingerprint density at radius 1 is 0.897 bits per heavy atom. The summed E-state index contributed by atoms with van der Waals surface area (Å²) in [4.78, 5) is 28.4. The van der Waals surface area contributed by atoms with Crippen molar-refractivity contribution in [2.75, 3.05) is 11.5 Å². The average molecular weight is 540 g/mol. The molecule has 1 fully saturated rings. The van der Waals surface area contributed by atoms with Crippen LogP contribution < -0.4 is 14.4 Å². The summed E-state index contributed by atoms with van der Waals surface area (Å²) in [7, 11) is 0. The van der Waals surface area contributed by atoms with Crippen molar-refractivity contribution < 1.29 is 24.2 Å². The third-order valence-corrected chi connectivity index (χ3v) is 6.71. The van der Waals surface area contributed by atoms with Crippen molar-refractivity contribution in [3.63, 3.8) is 0 Å². The van der Waals surface area contributed by atoms with E-state index in [9.17, 15) is 14.7 Å². The minimum Gasteiger partial charge on any atom is -0.507 e. The van der Waals surface area contributed by atoms with Crippen LogP contribution in [0, 0.1) is 6.92 Å². The molecule has 1 saturated heterocycles. The van der Waals surface area contributed by atoms with Crippen LogP contribution in [0.25, 0.3) is 5.76 Å². The van der Waals surface area contributed by atoms with Crippen molar-refractivity contribution in [1.82, 2.24) is 0 Å². The molecule has 1 atom stereocenters. The van der Waals surface area contributed by atoms with Crippen LogP contribution in [0.4, 0.5) is 5.69 Å². The second kappa shape index (κ2) is 11.1. The van der Waals surface area contributed by atoms with Gasteiger partial charge in [-0.05, 0) is 74.0 Å². The number of amides is 1. The first-order valence-corrected chi connectivity index (χ1v) is 12.9. The number of ketones is 1. The number of aryl methyl sites for hydroxylation is 1. The van der Waals surface area contributed by atoms with E-state index < -0.39 is 17.7 Å². The zero-order valence-electron chi connectivity index (χ0n) is 21.4. The Kier molecular flexibility index (Phi) is 7.39. The largest absolute Gasteiger partial charge is 0.507 e. The Balaban J connectivity index is 1.60. The lowest BCUT2D eigenvalue weighted by Gasteiger charge is -2.26. The van der Waals surface area contributed by atoms with Gasteiger partial charge in [-0.15, -0.1) is 0 Å². The number of halogens is 1. The molecule has 6 nitrogen and oxygen atoms in total. The van der Waals surface area contributed by atoms with Crippen LogP contribution in [-0.2, 0) is 9.59 Å². The monoisotopic (exact) mass is 539 g/mol. The number of carbonyl (C=O) groups is 2. The number of ether oxygens (including phenoxy) is 2. The summed E-state index contributed by atoms with van der Waals surface area (Å²) >= 11 is 6.24. The van der Waals surface area contributed by atoms with Crippen LogP contribution in [0.15, 0.2) is 103 Å². The summed E-state index contributed by atoms with van der Waals surface area (Å²) in [5, 5.41) is 11.8. The predicted molar refractivity (Wildman–Crippen MR) is 152 cm³/mol. The zero-order chi connectivity index (χ0) is 27.5. The SMILES string of the molecule is CCOc1cc(/C(O)=C2/C(=O)C(=O)N(c3ccc(Oc4ccccc4)cc3)C2c2cccc(C)c2)ccc1Cl. The van der Waals surface area contributed by atoms with Gasteiger partial charge in [-0.1, -0.05) is 59.6 Å². The van der Waals surface area contributed by atoms with Crippen LogP contribution in [-0.4, -0.2) is 23.4 Å². The summed E-state index contributed by atoms with van der Waals surface area (Å²) in [5.74, 6) is -0.184. The molecule has 1 unspecified atom stereocenters. The standard InChI is InChI=1S/C32H26ClNO5/c1-3-38-27-19-22(12-17-26(27)33)30(35)28-29(21-9-7-8-20(2)18-21)34(32(37)31(28)36)23-13-15-25(16-14-23)39-24-10-5-4-6-11-24/h4-19,29,35H,3H2,1-2H3/b30-28-. The van der Waals surface area contributed by atoms with Gasteiger partial charge < -0.3 is 14.6 Å². The van der Waals surface area contributed by atoms with Gasteiger partial charge in [-0.2, -0.15) is 0 Å². The van der Waals surface area contributed by atoms with Gasteiger partial charge in [0, 0.05) is 11.3 Å². The number of aliphatic hydroxyl groups excluding tert-OH is 1. The lowest BCUT2D eigenvalue weighted by Crippen LogP contribution is -2.29. The van der Waals surface area contributed by atoms with E-state index in [4.69, 9.17) is 21.1 Å². The molecular formula is C32H26ClNO5. The first-order chi connectivity index (χ1) is 18.9. The van der Waals surface area contributed by atoms with Gasteiger partial charge in [-0.3, -0.25) is 14.5 Å². The fraction of sp³-hybridized carbons (Fsp3) is 0.125. The number of hydrogen-bond acceptors (Lipinski definition) is 5. The first-order valence-electron chi connectivity index (χ1n) is 12.5. The van der Waals surface area contributed by atoms with Gasteiger partial charge in [-0.25, -0.2) is 0 Å². The minimum absolute atomic E-state index is 0.0139. The molecule has 0 spiro atoms. The molecule has 1 N–H and O–H groups in total. The highest BCUT2D eigenvalue weighted by molar-refractivity contribution is 6.51. The van der Waals surface area contributed by atoms with Crippen molar-refractivity contribution in [2.24, 2.45) is 0 Å². The number of nitrogens with zero attached hydrogens (tertiary/aromatic N) is 1. The number of Topliss-reactive ketones (excluding diaryl/α,β-unsaturated/α-hetero) is 1. The molecule has 1 heterocycles. The molecule has 39 heavy (non-hydrogen) atoms. The molecule has 0 aromatic heterocycles. The summed E-state index contributed by atoms with van der Waals surface area (Å²) in [5.41, 5.74) is 2.45. The maximum absolute atomic E-state index is 13.5. The van der Waals surface area contributed by atoms with Crippen molar-refractivity contribution in [1.29, 1.82) is 0 Å². The maximum atomic E-state index is 13.5. The van der Waals surface area contributed by atoms with Crippen LogP contribution >= 0.6 is 11.6 Å². The first kappa shape index (κ1) is 26.1. The highest BCUT2D eigenvalue weighted by atomic mass is 35.5. The van der Waals surface area contributed by atoms with Crippen molar-refractivity contribution in [2.45, 2.75) is 19.9 Å². The lowest BCUT2D eigenvalue weighted by atomic mass is 9.94. The fourth-order valence-electron chi connectivity index (χ4n) is 4.63. The van der Waals surface area contributed by atoms with Gasteiger partial charge in [0.15, 0.2) is 0 Å². The van der Waals surface area contributed by atoms with Crippen LogP contribution in [0.5, 0.6) is 17.2 Å². The molecule has 0 bridgehead atoms. The van der Waals surface area contributed by atoms with E-state index in [1.165, 1.54) is 4.90 Å². The quantitative estimate of drug-likeness (QED) is 0.150. The van der Waals surface area contributed by atoms with Gasteiger partial charge in [0.25, 0.3) is 11.7 Å². The van der Waals surface area contributed by atoms with E-state index in [1.54, 1.807) is 42.5 Å². The van der Waals surface area contributed by atoms with Crippen molar-refractivity contribution in [3.8, 4) is 17.2 Å². The molecule has 4 aromatic carbocycles.